The maximum Gasteiger partial charge on any atom is 0.332 e. The highest BCUT2D eigenvalue weighted by molar-refractivity contribution is 8.04. The third-order valence-corrected chi connectivity index (χ3v) is 11.5. The highest BCUT2D eigenvalue weighted by Gasteiger charge is 2.34. The summed E-state index contributed by atoms with van der Waals surface area (Å²) in [5.41, 5.74) is -0.990. The number of pyridine rings is 2. The van der Waals surface area contributed by atoms with Gasteiger partial charge in [0.2, 0.25) is 5.78 Å². The van der Waals surface area contributed by atoms with E-state index in [0.29, 0.717) is 29.3 Å². The molecule has 4 aromatic heterocycles. The van der Waals surface area contributed by atoms with Gasteiger partial charge in [-0.1, -0.05) is 48.8 Å². The Morgan fingerprint density at radius 2 is 0.983 bits per heavy atom. The van der Waals surface area contributed by atoms with Gasteiger partial charge in [0.15, 0.2) is 17.3 Å². The van der Waals surface area contributed by atoms with Gasteiger partial charge in [0, 0.05) is 54.1 Å². The monoisotopic (exact) mass is 884 g/mol. The Labute approximate surface area is 360 Å². The molecule has 60 heavy (non-hydrogen) atoms. The van der Waals surface area contributed by atoms with Crippen molar-refractivity contribution in [1.29, 1.82) is 0 Å². The fourth-order valence-corrected chi connectivity index (χ4v) is 7.92. The van der Waals surface area contributed by atoms with Gasteiger partial charge in [0.05, 0.1) is 49.3 Å². The number of thiol groups is 1. The number of benzene rings is 2. The number of rotatable bonds is 4. The lowest BCUT2D eigenvalue weighted by Gasteiger charge is -2.20. The minimum Gasteiger partial charge on any atom is -0.289 e. The summed E-state index contributed by atoms with van der Waals surface area (Å²) in [4.78, 5) is 111. The summed E-state index contributed by atoms with van der Waals surface area (Å²) in [5, 5.41) is 1.31. The number of hydrogen-bond acceptors (Lipinski definition) is 12. The second-order valence-corrected chi connectivity index (χ2v) is 15.9. The zero-order chi connectivity index (χ0) is 43.9. The minimum atomic E-state index is -0.650. The van der Waals surface area contributed by atoms with Gasteiger partial charge in [-0.15, -0.1) is 12.6 Å². The molecule has 2 aliphatic carbocycles. The molecule has 4 heterocycles. The first kappa shape index (κ1) is 43.6. The molecule has 0 saturated carbocycles. The smallest absolute Gasteiger partial charge is 0.289 e. The SMILES string of the molecule is CCc1nc2c(c3c1C(=O)C(Sc1ccc(Cl)cc1)=CC3=O)c(=O)n(C)c(=O)n2C.CCc1nc2c(c3c1C(=O)C=CC3=O)c(=O)n(C)c(=O)n2C.Sc1ccc(Cl)cc1. The van der Waals surface area contributed by atoms with Crippen LogP contribution in [0.2, 0.25) is 10.0 Å². The highest BCUT2D eigenvalue weighted by Crippen LogP contribution is 2.36. The van der Waals surface area contributed by atoms with Crippen molar-refractivity contribution in [3.63, 3.8) is 0 Å². The third-order valence-electron chi connectivity index (χ3n) is 9.70. The molecule has 306 valence electrons. The molecule has 18 heteroatoms. The number of allylic oxidation sites excluding steroid dienone is 4. The van der Waals surface area contributed by atoms with Gasteiger partial charge in [-0.05, 0) is 73.5 Å². The lowest BCUT2D eigenvalue weighted by atomic mass is 9.90. The van der Waals surface area contributed by atoms with E-state index in [9.17, 15) is 38.4 Å². The van der Waals surface area contributed by atoms with Crippen molar-refractivity contribution >= 4 is 92.8 Å². The fourth-order valence-electron chi connectivity index (χ4n) is 6.63. The van der Waals surface area contributed by atoms with Crippen molar-refractivity contribution in [3.05, 3.63) is 157 Å². The van der Waals surface area contributed by atoms with E-state index in [1.165, 1.54) is 49.5 Å². The van der Waals surface area contributed by atoms with Gasteiger partial charge in [-0.25, -0.2) is 19.6 Å². The summed E-state index contributed by atoms with van der Waals surface area (Å²) in [5.74, 6) is -1.60. The zero-order valence-electron chi connectivity index (χ0n) is 32.8. The fraction of sp³-hybridized carbons (Fsp3) is 0.190. The first-order valence-corrected chi connectivity index (χ1v) is 20.1. The third kappa shape index (κ3) is 7.90. The van der Waals surface area contributed by atoms with Crippen LogP contribution in [0.3, 0.4) is 0 Å². The number of carbonyl (C=O) groups excluding carboxylic acids is 4. The van der Waals surface area contributed by atoms with Gasteiger partial charge in [-0.3, -0.25) is 47.0 Å². The first-order valence-electron chi connectivity index (χ1n) is 18.1. The van der Waals surface area contributed by atoms with Gasteiger partial charge in [0.1, 0.15) is 11.3 Å². The van der Waals surface area contributed by atoms with Crippen molar-refractivity contribution in [1.82, 2.24) is 28.2 Å². The molecule has 6 aromatic rings. The van der Waals surface area contributed by atoms with Crippen molar-refractivity contribution in [2.45, 2.75) is 36.5 Å². The van der Waals surface area contributed by atoms with Crippen LogP contribution >= 0.6 is 47.6 Å². The average molecular weight is 886 g/mol. The van der Waals surface area contributed by atoms with Gasteiger partial charge >= 0.3 is 11.4 Å². The van der Waals surface area contributed by atoms with Crippen LogP contribution in [-0.2, 0) is 41.0 Å². The van der Waals surface area contributed by atoms with Crippen LogP contribution in [-0.4, -0.2) is 51.4 Å². The summed E-state index contributed by atoms with van der Waals surface area (Å²) >= 11 is 16.7. The second kappa shape index (κ2) is 17.3. The number of carbonyl (C=O) groups is 4. The van der Waals surface area contributed by atoms with Crippen LogP contribution in [0.15, 0.2) is 101 Å². The number of halogens is 2. The van der Waals surface area contributed by atoms with Gasteiger partial charge in [-0.2, -0.15) is 0 Å². The van der Waals surface area contributed by atoms with Crippen LogP contribution in [0, 0.1) is 0 Å². The van der Waals surface area contributed by atoms with E-state index >= 15 is 0 Å². The van der Waals surface area contributed by atoms with E-state index in [4.69, 9.17) is 23.2 Å². The number of fused-ring (bicyclic) bond motifs is 6. The molecule has 0 aliphatic heterocycles. The Morgan fingerprint density at radius 3 is 1.43 bits per heavy atom. The van der Waals surface area contributed by atoms with E-state index in [1.54, 1.807) is 38.1 Å². The van der Waals surface area contributed by atoms with Crippen LogP contribution in [0.1, 0.15) is 66.7 Å². The number of aryl methyl sites for hydroxylation is 4. The van der Waals surface area contributed by atoms with Gasteiger partial charge in [0.25, 0.3) is 11.1 Å². The maximum absolute atomic E-state index is 13.3. The predicted octanol–water partition coefficient (Wildman–Crippen LogP) is 5.66. The average Bonchev–Trinajstić information content (AvgIpc) is 3.24. The molecule has 0 spiro atoms. The quantitative estimate of drug-likeness (QED) is 0.216. The molecule has 0 N–H and O–H groups in total. The van der Waals surface area contributed by atoms with E-state index < -0.39 is 34.1 Å². The predicted molar refractivity (Wildman–Crippen MR) is 234 cm³/mol. The number of Topliss-reactive ketones (excluding diaryl/α,β-unsaturated/α-hetero) is 1. The second-order valence-electron chi connectivity index (χ2n) is 13.4. The molecule has 2 aliphatic rings. The molecule has 0 radical (unpaired) electrons. The molecular weight excluding hydrogens is 852 g/mol. The Balaban J connectivity index is 0.000000175. The summed E-state index contributed by atoms with van der Waals surface area (Å²) < 4.78 is 4.25. The van der Waals surface area contributed by atoms with Crippen molar-refractivity contribution < 1.29 is 19.2 Å². The Kier molecular flexibility index (Phi) is 12.6. The Morgan fingerprint density at radius 1 is 0.567 bits per heavy atom. The summed E-state index contributed by atoms with van der Waals surface area (Å²) in [6.45, 7) is 3.60. The van der Waals surface area contributed by atoms with Crippen LogP contribution in [0.25, 0.3) is 22.1 Å². The van der Waals surface area contributed by atoms with Crippen LogP contribution in [0.4, 0.5) is 0 Å². The number of thioether (sulfide) groups is 1. The standard InChI is InChI=1S/C21H16ClN3O4S.C15H13N3O4.C6H5ClS/c1-4-12-15-16(17-19(23-12)24(2)21(29)25(3)20(17)28)13(26)9-14(18(15)27)30-11-7-5-10(22)6-8-11;1-4-7-10-8(19)5-6-9(20)11(10)12-13(16-7)17(2)15(22)18(3)14(12)21;7-5-1-3-6(8)4-2-5/h5-9H,4H2,1-3H3;5-6H,4H2,1-3H3;1-4,8H. The molecule has 2 aromatic carbocycles. The van der Waals surface area contributed by atoms with Crippen LogP contribution < -0.4 is 22.5 Å². The normalized spacial score (nSPS) is 13.1. The summed E-state index contributed by atoms with van der Waals surface area (Å²) in [6.07, 6.45) is 4.35. The molecule has 0 unspecified atom stereocenters. The number of hydrogen-bond donors (Lipinski definition) is 1. The highest BCUT2D eigenvalue weighted by atomic mass is 35.5. The van der Waals surface area contributed by atoms with E-state index in [1.807, 2.05) is 24.3 Å². The molecule has 0 atom stereocenters. The van der Waals surface area contributed by atoms with Crippen molar-refractivity contribution in [2.24, 2.45) is 28.2 Å². The van der Waals surface area contributed by atoms with Crippen molar-refractivity contribution in [3.8, 4) is 0 Å². The van der Waals surface area contributed by atoms with Crippen LogP contribution in [0.5, 0.6) is 0 Å². The molecule has 0 saturated heterocycles. The zero-order valence-corrected chi connectivity index (χ0v) is 36.0. The van der Waals surface area contributed by atoms with Crippen molar-refractivity contribution in [2.75, 3.05) is 0 Å². The Hall–Kier alpha value is -5.94. The molecule has 14 nitrogen and oxygen atoms in total. The minimum absolute atomic E-state index is 0.0125. The lowest BCUT2D eigenvalue weighted by molar-refractivity contribution is 0.0991. The summed E-state index contributed by atoms with van der Waals surface area (Å²) in [7, 11) is 5.62. The first-order chi connectivity index (χ1) is 28.4. The molecule has 0 amide bonds. The number of nitrogens with zero attached hydrogens (tertiary/aromatic N) is 6. The molecule has 0 fully saturated rings. The largest absolute Gasteiger partial charge is 0.332 e. The number of ketones is 4. The Bertz CT molecular complexity index is 3140. The molecule has 8 rings (SSSR count). The van der Waals surface area contributed by atoms with E-state index in [2.05, 4.69) is 22.6 Å². The topological polar surface area (TPSA) is 182 Å². The van der Waals surface area contributed by atoms with E-state index in [0.717, 1.165) is 41.8 Å². The maximum atomic E-state index is 13.3. The van der Waals surface area contributed by atoms with E-state index in [-0.39, 0.29) is 60.8 Å². The summed E-state index contributed by atoms with van der Waals surface area (Å²) in [6, 6.07) is 14.2. The number of aromatic nitrogens is 6. The lowest BCUT2D eigenvalue weighted by Crippen LogP contribution is -2.39. The van der Waals surface area contributed by atoms with Gasteiger partial charge < -0.3 is 0 Å². The molecular formula is C42H34Cl2N6O8S2. The molecule has 0 bridgehead atoms.